The van der Waals surface area contributed by atoms with E-state index in [4.69, 9.17) is 9.31 Å². The Morgan fingerprint density at radius 2 is 1.03 bits per heavy atom. The molecule has 0 atom stereocenters. The normalized spacial score (nSPS) is 16.8. The van der Waals surface area contributed by atoms with Crippen molar-refractivity contribution in [1.82, 2.24) is 0 Å². The van der Waals surface area contributed by atoms with Crippen molar-refractivity contribution in [3.8, 4) is 11.1 Å². The average molecular weight is 480 g/mol. The van der Waals surface area contributed by atoms with Gasteiger partial charge in [0.2, 0.25) is 0 Å². The molecule has 1 aliphatic heterocycles. The molecule has 1 aliphatic rings. The Morgan fingerprint density at radius 1 is 0.486 bits per heavy atom. The number of hydrogen-bond acceptors (Lipinski definition) is 2. The van der Waals surface area contributed by atoms with E-state index < -0.39 is 7.12 Å². The van der Waals surface area contributed by atoms with Gasteiger partial charge in [-0.2, -0.15) is 0 Å². The SMILES string of the molecule is CC1(C)OB(c2ccc(-c3cc4ccc5ccccc5c4c4ccccc34)c3ccccc23)OC1(C)C. The zero-order valence-electron chi connectivity index (χ0n) is 21.7. The largest absolute Gasteiger partial charge is 0.495 e. The number of benzene rings is 6. The highest BCUT2D eigenvalue weighted by Gasteiger charge is 2.52. The first-order valence-corrected chi connectivity index (χ1v) is 13.0. The third-order valence-electron chi connectivity index (χ3n) is 8.50. The molecule has 0 amide bonds. The van der Waals surface area contributed by atoms with E-state index in [1.54, 1.807) is 0 Å². The average Bonchev–Trinajstić information content (AvgIpc) is 3.13. The monoisotopic (exact) mass is 480 g/mol. The van der Waals surface area contributed by atoms with Crippen LogP contribution in [0, 0.1) is 0 Å². The Kier molecular flexibility index (Phi) is 4.82. The molecular weight excluding hydrogens is 451 g/mol. The first-order valence-electron chi connectivity index (χ1n) is 13.0. The standard InChI is InChI=1S/C34H29BO2/c1-33(2)34(3,4)37-35(36-33)31-20-19-27(25-13-7-9-15-28(25)31)30-21-23-18-17-22-11-5-6-12-24(22)32(23)29-16-10-8-14-26(29)30/h5-21H,1-4H3. The summed E-state index contributed by atoms with van der Waals surface area (Å²) >= 11 is 0. The highest BCUT2D eigenvalue weighted by Crippen LogP contribution is 2.41. The summed E-state index contributed by atoms with van der Waals surface area (Å²) in [7, 11) is -0.399. The van der Waals surface area contributed by atoms with Crippen LogP contribution >= 0.6 is 0 Å². The highest BCUT2D eigenvalue weighted by atomic mass is 16.7. The van der Waals surface area contributed by atoms with Crippen LogP contribution < -0.4 is 5.46 Å². The number of hydrogen-bond donors (Lipinski definition) is 0. The summed E-state index contributed by atoms with van der Waals surface area (Å²) < 4.78 is 12.9. The first-order chi connectivity index (χ1) is 17.8. The van der Waals surface area contributed by atoms with E-state index in [1.807, 2.05) is 0 Å². The molecule has 6 aromatic rings. The lowest BCUT2D eigenvalue weighted by Crippen LogP contribution is -2.41. The Morgan fingerprint density at radius 3 is 1.73 bits per heavy atom. The summed E-state index contributed by atoms with van der Waals surface area (Å²) in [6.45, 7) is 8.42. The predicted molar refractivity (Wildman–Crippen MR) is 158 cm³/mol. The van der Waals surface area contributed by atoms with Crippen LogP contribution in [0.25, 0.3) is 54.2 Å². The molecule has 0 saturated carbocycles. The molecule has 0 spiro atoms. The van der Waals surface area contributed by atoms with Crippen molar-refractivity contribution in [3.05, 3.63) is 103 Å². The first kappa shape index (κ1) is 22.5. The lowest BCUT2D eigenvalue weighted by Gasteiger charge is -2.32. The number of fused-ring (bicyclic) bond motifs is 6. The molecule has 1 fully saturated rings. The van der Waals surface area contributed by atoms with Gasteiger partial charge in [-0.1, -0.05) is 97.1 Å². The maximum Gasteiger partial charge on any atom is 0.495 e. The maximum absolute atomic E-state index is 6.45. The summed E-state index contributed by atoms with van der Waals surface area (Å²) in [5.74, 6) is 0. The molecule has 6 aromatic carbocycles. The van der Waals surface area contributed by atoms with Crippen molar-refractivity contribution in [2.45, 2.75) is 38.9 Å². The molecule has 0 aliphatic carbocycles. The Labute approximate surface area is 218 Å². The molecule has 1 heterocycles. The summed E-state index contributed by atoms with van der Waals surface area (Å²) in [5, 5.41) is 10.1. The second-order valence-electron chi connectivity index (χ2n) is 11.2. The van der Waals surface area contributed by atoms with Crippen molar-refractivity contribution >= 4 is 55.7 Å². The number of rotatable bonds is 2. The van der Waals surface area contributed by atoms with Gasteiger partial charge in [0.25, 0.3) is 0 Å². The summed E-state index contributed by atoms with van der Waals surface area (Å²) in [5.41, 5.74) is 2.79. The minimum atomic E-state index is -0.399. The summed E-state index contributed by atoms with van der Waals surface area (Å²) in [6.07, 6.45) is 0. The van der Waals surface area contributed by atoms with E-state index >= 15 is 0 Å². The van der Waals surface area contributed by atoms with E-state index in [-0.39, 0.29) is 11.2 Å². The van der Waals surface area contributed by atoms with Crippen LogP contribution in [0.5, 0.6) is 0 Å². The quantitative estimate of drug-likeness (QED) is 0.183. The van der Waals surface area contributed by atoms with Crippen molar-refractivity contribution in [3.63, 3.8) is 0 Å². The summed E-state index contributed by atoms with van der Waals surface area (Å²) in [4.78, 5) is 0. The van der Waals surface area contributed by atoms with E-state index in [9.17, 15) is 0 Å². The Bertz CT molecular complexity index is 1830. The molecule has 7 rings (SSSR count). The molecule has 1 saturated heterocycles. The molecule has 37 heavy (non-hydrogen) atoms. The van der Waals surface area contributed by atoms with Crippen molar-refractivity contribution in [2.75, 3.05) is 0 Å². The van der Waals surface area contributed by atoms with Crippen molar-refractivity contribution in [2.24, 2.45) is 0 Å². The zero-order valence-corrected chi connectivity index (χ0v) is 21.7. The van der Waals surface area contributed by atoms with E-state index in [2.05, 4.69) is 131 Å². The Hall–Kier alpha value is -3.66. The zero-order chi connectivity index (χ0) is 25.4. The third-order valence-corrected chi connectivity index (χ3v) is 8.50. The Balaban J connectivity index is 1.50. The van der Waals surface area contributed by atoms with E-state index in [0.717, 1.165) is 5.46 Å². The lowest BCUT2D eigenvalue weighted by atomic mass is 9.74. The predicted octanol–water partition coefficient (Wildman–Crippen LogP) is 8.27. The molecular formula is C34H29BO2. The van der Waals surface area contributed by atoms with Crippen LogP contribution in [-0.2, 0) is 9.31 Å². The smallest absolute Gasteiger partial charge is 0.399 e. The van der Waals surface area contributed by atoms with Gasteiger partial charge in [-0.05, 0) is 93.4 Å². The van der Waals surface area contributed by atoms with Crippen LogP contribution in [0.1, 0.15) is 27.7 Å². The third kappa shape index (κ3) is 3.35. The molecule has 0 radical (unpaired) electrons. The van der Waals surface area contributed by atoms with Crippen LogP contribution in [0.2, 0.25) is 0 Å². The second-order valence-corrected chi connectivity index (χ2v) is 11.2. The van der Waals surface area contributed by atoms with E-state index in [1.165, 1.54) is 54.2 Å². The second kappa shape index (κ2) is 7.92. The van der Waals surface area contributed by atoms with Gasteiger partial charge in [-0.25, -0.2) is 0 Å². The van der Waals surface area contributed by atoms with Crippen LogP contribution in [0.3, 0.4) is 0 Å². The fourth-order valence-electron chi connectivity index (χ4n) is 5.83. The van der Waals surface area contributed by atoms with Gasteiger partial charge in [0.05, 0.1) is 11.2 Å². The van der Waals surface area contributed by atoms with Gasteiger partial charge in [0.1, 0.15) is 0 Å². The fourth-order valence-corrected chi connectivity index (χ4v) is 5.83. The van der Waals surface area contributed by atoms with Gasteiger partial charge < -0.3 is 9.31 Å². The van der Waals surface area contributed by atoms with Gasteiger partial charge >= 0.3 is 7.12 Å². The summed E-state index contributed by atoms with van der Waals surface area (Å²) in [6, 6.07) is 37.4. The highest BCUT2D eigenvalue weighted by molar-refractivity contribution is 6.65. The maximum atomic E-state index is 6.45. The molecule has 3 heteroatoms. The van der Waals surface area contributed by atoms with Crippen LogP contribution in [0.4, 0.5) is 0 Å². The van der Waals surface area contributed by atoms with Crippen LogP contribution in [0.15, 0.2) is 103 Å². The molecule has 0 N–H and O–H groups in total. The van der Waals surface area contributed by atoms with Gasteiger partial charge in [0, 0.05) is 0 Å². The van der Waals surface area contributed by atoms with E-state index in [0.29, 0.717) is 0 Å². The molecule has 0 bridgehead atoms. The van der Waals surface area contributed by atoms with Crippen molar-refractivity contribution < 1.29 is 9.31 Å². The minimum Gasteiger partial charge on any atom is -0.399 e. The topological polar surface area (TPSA) is 18.5 Å². The molecule has 2 nitrogen and oxygen atoms in total. The molecule has 0 unspecified atom stereocenters. The van der Waals surface area contributed by atoms with Gasteiger partial charge in [0.15, 0.2) is 0 Å². The minimum absolute atomic E-state index is 0.380. The van der Waals surface area contributed by atoms with Gasteiger partial charge in [-0.3, -0.25) is 0 Å². The van der Waals surface area contributed by atoms with Gasteiger partial charge in [-0.15, -0.1) is 0 Å². The molecule has 0 aromatic heterocycles. The van der Waals surface area contributed by atoms with Crippen LogP contribution in [-0.4, -0.2) is 18.3 Å². The molecule has 180 valence electrons. The fraction of sp³-hybridized carbons (Fsp3) is 0.176. The lowest BCUT2D eigenvalue weighted by molar-refractivity contribution is 0.00578. The van der Waals surface area contributed by atoms with Crippen molar-refractivity contribution in [1.29, 1.82) is 0 Å².